The second-order valence-corrected chi connectivity index (χ2v) is 19.3. The van der Waals surface area contributed by atoms with Gasteiger partial charge in [0.2, 0.25) is 15.0 Å². The van der Waals surface area contributed by atoms with Crippen LogP contribution in [0.25, 0.3) is 21.6 Å². The number of fused-ring (bicyclic) bond motifs is 1. The second-order valence-electron chi connectivity index (χ2n) is 10.0. The number of nitrogens with zero attached hydrogens (tertiary/aromatic N) is 6. The van der Waals surface area contributed by atoms with Crippen molar-refractivity contribution in [2.45, 2.75) is 55.1 Å². The summed E-state index contributed by atoms with van der Waals surface area (Å²) < 4.78 is 75.6. The fraction of sp³-hybridized carbons (Fsp3) is 0.524. The third-order valence-corrected chi connectivity index (χ3v) is 11.1. The highest BCUT2D eigenvalue weighted by Gasteiger charge is 2.54. The van der Waals surface area contributed by atoms with E-state index in [9.17, 15) is 26.9 Å². The number of hydrogen-bond acceptors (Lipinski definition) is 8. The Morgan fingerprint density at radius 1 is 1.30 bits per heavy atom. The number of ether oxygens (including phenoxy) is 1. The second kappa shape index (κ2) is 9.69. The highest BCUT2D eigenvalue weighted by molar-refractivity contribution is 9.10. The maximum absolute atomic E-state index is 13.8. The van der Waals surface area contributed by atoms with Crippen molar-refractivity contribution in [2.75, 3.05) is 13.3 Å². The highest BCUT2D eigenvalue weighted by atomic mass is 79.9. The number of halogens is 4. The summed E-state index contributed by atoms with van der Waals surface area (Å²) in [5, 5.41) is 20.0. The number of aryl methyl sites for hydroxylation is 1. The molecule has 0 unspecified atom stereocenters. The summed E-state index contributed by atoms with van der Waals surface area (Å²) in [5.41, 5.74) is -0.655. The van der Waals surface area contributed by atoms with Gasteiger partial charge in [-0.15, -0.1) is 10.2 Å². The molecule has 200 valence electrons. The third kappa shape index (κ3) is 5.61. The molecule has 1 aliphatic rings. The van der Waals surface area contributed by atoms with Crippen LogP contribution in [0.1, 0.15) is 17.8 Å². The van der Waals surface area contributed by atoms with Gasteiger partial charge in [-0.3, -0.25) is 4.68 Å². The lowest BCUT2D eigenvalue weighted by Crippen LogP contribution is -2.43. The lowest BCUT2D eigenvalue weighted by Gasteiger charge is -2.27. The lowest BCUT2D eigenvalue weighted by molar-refractivity contribution is -0.138. The molecule has 2 aromatic heterocycles. The average molecular weight is 638 g/mol. The zero-order valence-corrected chi connectivity index (χ0v) is 24.6. The number of aromatic nitrogens is 4. The molecule has 1 saturated carbocycles. The Labute approximate surface area is 225 Å². The van der Waals surface area contributed by atoms with Gasteiger partial charge in [0, 0.05) is 31.6 Å². The van der Waals surface area contributed by atoms with Gasteiger partial charge >= 0.3 is 6.18 Å². The minimum atomic E-state index is -4.67. The minimum Gasteiger partial charge on any atom is -0.365 e. The molecule has 0 spiro atoms. The van der Waals surface area contributed by atoms with E-state index in [1.807, 2.05) is 0 Å². The molecule has 0 atom stereocenters. The molecule has 1 aliphatic carbocycles. The van der Waals surface area contributed by atoms with Gasteiger partial charge in [0.1, 0.15) is 18.0 Å². The Bertz CT molecular complexity index is 1490. The SMILES string of the molecule is Cn1nc(-c2nnc(C(F)(F)F)s2)c2cc(S(=O)(=O)N(COCC[Si](C)(C)C)C3(C#N)CC3)cc(Br)c21. The number of alkyl halides is 3. The molecule has 37 heavy (non-hydrogen) atoms. The highest BCUT2D eigenvalue weighted by Crippen LogP contribution is 2.45. The molecule has 1 aromatic carbocycles. The standard InChI is InChI=1S/C21H24BrF3N6O3S2Si/c1-30-17-14(16(29-30)18-27-28-19(35-18)21(23,24)25)9-13(10-15(17)22)36(32,33)31(20(11-26)5-6-20)12-34-7-8-37(2,3)4/h9-10H,5-8,12H2,1-4H3. The van der Waals surface area contributed by atoms with Crippen LogP contribution in [-0.2, 0) is 28.0 Å². The molecule has 3 aromatic rings. The summed E-state index contributed by atoms with van der Waals surface area (Å²) in [7, 11) is -4.06. The summed E-state index contributed by atoms with van der Waals surface area (Å²) in [6.45, 7) is 6.63. The summed E-state index contributed by atoms with van der Waals surface area (Å²) in [4.78, 5) is -0.142. The summed E-state index contributed by atoms with van der Waals surface area (Å²) in [6, 6.07) is 5.69. The maximum Gasteiger partial charge on any atom is 0.445 e. The van der Waals surface area contributed by atoms with Crippen molar-refractivity contribution in [3.63, 3.8) is 0 Å². The van der Waals surface area contributed by atoms with E-state index < -0.39 is 34.8 Å². The molecule has 4 rings (SSSR count). The average Bonchev–Trinajstić information content (AvgIpc) is 3.24. The van der Waals surface area contributed by atoms with Crippen molar-refractivity contribution < 1.29 is 26.3 Å². The molecule has 0 bridgehead atoms. The van der Waals surface area contributed by atoms with Crippen LogP contribution in [0.5, 0.6) is 0 Å². The van der Waals surface area contributed by atoms with Crippen LogP contribution in [0.2, 0.25) is 25.7 Å². The van der Waals surface area contributed by atoms with Crippen LogP contribution in [0.4, 0.5) is 13.2 Å². The third-order valence-electron chi connectivity index (χ3n) is 5.94. The fourth-order valence-electron chi connectivity index (χ4n) is 3.69. The van der Waals surface area contributed by atoms with Gasteiger partial charge < -0.3 is 4.74 Å². The van der Waals surface area contributed by atoms with Crippen LogP contribution in [0.3, 0.4) is 0 Å². The fourth-order valence-corrected chi connectivity index (χ4v) is 7.71. The molecule has 2 heterocycles. The maximum atomic E-state index is 13.8. The number of hydrogen-bond donors (Lipinski definition) is 0. The first-order chi connectivity index (χ1) is 17.1. The molecule has 0 N–H and O–H groups in total. The minimum absolute atomic E-state index is 0.0719. The van der Waals surface area contributed by atoms with Crippen LogP contribution in [0, 0.1) is 11.3 Å². The number of nitriles is 1. The van der Waals surface area contributed by atoms with E-state index in [0.717, 1.165) is 10.3 Å². The Balaban J connectivity index is 1.76. The van der Waals surface area contributed by atoms with Crippen molar-refractivity contribution in [3.8, 4) is 16.8 Å². The molecular weight excluding hydrogens is 613 g/mol. The van der Waals surface area contributed by atoms with Gasteiger partial charge in [0.25, 0.3) is 0 Å². The molecular formula is C21H24BrF3N6O3S2Si. The van der Waals surface area contributed by atoms with Gasteiger partial charge in [0.05, 0.1) is 16.5 Å². The topological polar surface area (TPSA) is 114 Å². The first-order valence-electron chi connectivity index (χ1n) is 11.2. The summed E-state index contributed by atoms with van der Waals surface area (Å²) >= 11 is 3.71. The van der Waals surface area contributed by atoms with E-state index in [-0.39, 0.29) is 27.7 Å². The molecule has 0 saturated heterocycles. The predicted octanol–water partition coefficient (Wildman–Crippen LogP) is 5.23. The molecule has 1 fully saturated rings. The van der Waals surface area contributed by atoms with Crippen LogP contribution < -0.4 is 0 Å². The van der Waals surface area contributed by atoms with Gasteiger partial charge in [-0.2, -0.15) is 27.8 Å². The van der Waals surface area contributed by atoms with E-state index in [1.54, 1.807) is 7.05 Å². The van der Waals surface area contributed by atoms with Crippen LogP contribution >= 0.6 is 27.3 Å². The van der Waals surface area contributed by atoms with Crippen LogP contribution in [0.15, 0.2) is 21.5 Å². The van der Waals surface area contributed by atoms with E-state index in [0.29, 0.717) is 40.8 Å². The Hall–Kier alpha value is -1.90. The van der Waals surface area contributed by atoms with E-state index >= 15 is 0 Å². The summed E-state index contributed by atoms with van der Waals surface area (Å²) in [6.07, 6.45) is -3.90. The van der Waals surface area contributed by atoms with Crippen LogP contribution in [-0.4, -0.2) is 59.7 Å². The van der Waals surface area contributed by atoms with E-state index in [4.69, 9.17) is 4.74 Å². The van der Waals surface area contributed by atoms with E-state index in [2.05, 4.69) is 56.9 Å². The largest absolute Gasteiger partial charge is 0.445 e. The van der Waals surface area contributed by atoms with Crippen molar-refractivity contribution in [2.24, 2.45) is 7.05 Å². The van der Waals surface area contributed by atoms with Gasteiger partial charge in [-0.25, -0.2) is 8.42 Å². The van der Waals surface area contributed by atoms with Gasteiger partial charge in [-0.05, 0) is 46.9 Å². The van der Waals surface area contributed by atoms with Crippen molar-refractivity contribution in [3.05, 3.63) is 21.6 Å². The van der Waals surface area contributed by atoms with Gasteiger partial charge in [-0.1, -0.05) is 31.0 Å². The molecule has 16 heteroatoms. The molecule has 9 nitrogen and oxygen atoms in total. The zero-order valence-electron chi connectivity index (χ0n) is 20.4. The zero-order chi connectivity index (χ0) is 27.4. The first kappa shape index (κ1) is 28.1. The normalized spacial score (nSPS) is 15.9. The van der Waals surface area contributed by atoms with Gasteiger partial charge in [0.15, 0.2) is 5.01 Å². The number of sulfonamides is 1. The molecule has 0 amide bonds. The summed E-state index contributed by atoms with van der Waals surface area (Å²) in [5.74, 6) is 0. The predicted molar refractivity (Wildman–Crippen MR) is 138 cm³/mol. The quantitative estimate of drug-likeness (QED) is 0.179. The first-order valence-corrected chi connectivity index (χ1v) is 17.9. The Morgan fingerprint density at radius 3 is 2.51 bits per heavy atom. The van der Waals surface area contributed by atoms with E-state index in [1.165, 1.54) is 16.8 Å². The number of rotatable bonds is 9. The molecule has 0 radical (unpaired) electrons. The lowest BCUT2D eigenvalue weighted by atomic mass is 10.2. The smallest absolute Gasteiger partial charge is 0.365 e. The monoisotopic (exact) mass is 636 g/mol. The number of benzene rings is 1. The van der Waals surface area contributed by atoms with Crippen molar-refractivity contribution in [1.29, 1.82) is 5.26 Å². The van der Waals surface area contributed by atoms with Crippen molar-refractivity contribution >= 4 is 56.3 Å². The Morgan fingerprint density at radius 2 is 1.97 bits per heavy atom. The molecule has 0 aliphatic heterocycles. The van der Waals surface area contributed by atoms with Crippen molar-refractivity contribution in [1.82, 2.24) is 24.3 Å². The Kier molecular flexibility index (Phi) is 7.36.